The number of aromatic nitrogens is 2. The normalized spacial score (nSPS) is 17.3. The third-order valence-corrected chi connectivity index (χ3v) is 4.55. The van der Waals surface area contributed by atoms with Crippen LogP contribution in [0.5, 0.6) is 5.75 Å². The van der Waals surface area contributed by atoms with E-state index in [2.05, 4.69) is 22.0 Å². The Kier molecular flexibility index (Phi) is 6.60. The highest BCUT2D eigenvalue weighted by Crippen LogP contribution is 2.22. The van der Waals surface area contributed by atoms with Gasteiger partial charge in [-0.15, -0.1) is 12.4 Å². The molecule has 0 radical (unpaired) electrons. The minimum absolute atomic E-state index is 0. The topological polar surface area (TPSA) is 77.4 Å². The lowest BCUT2D eigenvalue weighted by Crippen LogP contribution is -2.39. The van der Waals surface area contributed by atoms with Crippen molar-refractivity contribution in [3.8, 4) is 17.1 Å². The highest BCUT2D eigenvalue weighted by atomic mass is 35.5. The van der Waals surface area contributed by atoms with Gasteiger partial charge in [-0.25, -0.2) is 0 Å². The Morgan fingerprint density at radius 3 is 2.54 bits per heavy atom. The smallest absolute Gasteiger partial charge is 0.241 e. The Bertz CT molecular complexity index is 622. The number of hydrogen-bond acceptors (Lipinski definition) is 6. The number of halogens is 1. The maximum Gasteiger partial charge on any atom is 0.241 e. The molecule has 0 saturated carbocycles. The van der Waals surface area contributed by atoms with Gasteiger partial charge < -0.3 is 15.0 Å². The van der Waals surface area contributed by atoms with Gasteiger partial charge in [-0.3, -0.25) is 4.90 Å². The highest BCUT2D eigenvalue weighted by molar-refractivity contribution is 5.85. The molecule has 2 aromatic rings. The third kappa shape index (κ3) is 4.47. The summed E-state index contributed by atoms with van der Waals surface area (Å²) in [6.45, 7) is 4.87. The number of piperidine rings is 1. The van der Waals surface area contributed by atoms with E-state index in [9.17, 15) is 0 Å². The minimum Gasteiger partial charge on any atom is -0.497 e. The van der Waals surface area contributed by atoms with E-state index in [0.29, 0.717) is 24.2 Å². The predicted molar refractivity (Wildman–Crippen MR) is 95.2 cm³/mol. The van der Waals surface area contributed by atoms with Crippen molar-refractivity contribution in [1.29, 1.82) is 0 Å². The molecule has 1 aliphatic rings. The molecule has 1 saturated heterocycles. The molecule has 132 valence electrons. The number of likely N-dealkylation sites (tertiary alicyclic amines) is 1. The number of benzene rings is 1. The molecule has 0 spiro atoms. The first-order chi connectivity index (χ1) is 11.2. The van der Waals surface area contributed by atoms with Crippen LogP contribution in [0, 0.1) is 5.92 Å². The quantitative estimate of drug-likeness (QED) is 0.891. The molecule has 0 bridgehead atoms. The average Bonchev–Trinajstić information content (AvgIpc) is 3.04. The molecular formula is C17H25ClN4O2. The van der Waals surface area contributed by atoms with Crippen molar-refractivity contribution in [2.45, 2.75) is 32.4 Å². The van der Waals surface area contributed by atoms with E-state index in [4.69, 9.17) is 15.0 Å². The zero-order valence-electron chi connectivity index (χ0n) is 14.1. The van der Waals surface area contributed by atoms with Crippen molar-refractivity contribution in [3.05, 3.63) is 30.2 Å². The van der Waals surface area contributed by atoms with Crippen LogP contribution in [0.15, 0.2) is 28.8 Å². The number of nitrogens with zero attached hydrogens (tertiary/aromatic N) is 3. The predicted octanol–water partition coefficient (Wildman–Crippen LogP) is 2.73. The maximum atomic E-state index is 5.99. The van der Waals surface area contributed by atoms with Gasteiger partial charge in [-0.2, -0.15) is 4.98 Å². The highest BCUT2D eigenvalue weighted by Gasteiger charge is 2.23. The Morgan fingerprint density at radius 2 is 1.96 bits per heavy atom. The first-order valence-corrected chi connectivity index (χ1v) is 8.10. The van der Waals surface area contributed by atoms with Gasteiger partial charge in [0.2, 0.25) is 11.7 Å². The van der Waals surface area contributed by atoms with Crippen LogP contribution in [0.25, 0.3) is 11.4 Å². The van der Waals surface area contributed by atoms with Crippen LogP contribution in [-0.4, -0.2) is 41.3 Å². The molecule has 1 atom stereocenters. The maximum absolute atomic E-state index is 5.99. The summed E-state index contributed by atoms with van der Waals surface area (Å²) >= 11 is 0. The number of ether oxygens (including phenoxy) is 1. The van der Waals surface area contributed by atoms with Crippen LogP contribution in [0.3, 0.4) is 0 Å². The zero-order valence-corrected chi connectivity index (χ0v) is 15.0. The van der Waals surface area contributed by atoms with Gasteiger partial charge in [-0.1, -0.05) is 5.16 Å². The first-order valence-electron chi connectivity index (χ1n) is 8.10. The van der Waals surface area contributed by atoms with Gasteiger partial charge in [0.1, 0.15) is 5.75 Å². The molecule has 1 unspecified atom stereocenters. The fourth-order valence-corrected chi connectivity index (χ4v) is 3.00. The van der Waals surface area contributed by atoms with E-state index >= 15 is 0 Å². The Labute approximate surface area is 148 Å². The van der Waals surface area contributed by atoms with Gasteiger partial charge in [0.25, 0.3) is 0 Å². The van der Waals surface area contributed by atoms with Crippen molar-refractivity contribution >= 4 is 12.4 Å². The summed E-state index contributed by atoms with van der Waals surface area (Å²) < 4.78 is 10.6. The molecule has 3 rings (SSSR count). The van der Waals surface area contributed by atoms with E-state index in [-0.39, 0.29) is 18.4 Å². The number of hydrogen-bond donors (Lipinski definition) is 1. The first kappa shape index (κ1) is 18.7. The van der Waals surface area contributed by atoms with Crippen molar-refractivity contribution < 1.29 is 9.26 Å². The molecule has 1 aromatic carbocycles. The fraction of sp³-hybridized carbons (Fsp3) is 0.529. The molecule has 0 amide bonds. The average molecular weight is 353 g/mol. The second-order valence-corrected chi connectivity index (χ2v) is 6.21. The summed E-state index contributed by atoms with van der Waals surface area (Å²) in [5.41, 5.74) is 6.91. The van der Waals surface area contributed by atoms with Crippen molar-refractivity contribution in [1.82, 2.24) is 15.0 Å². The number of rotatable bonds is 5. The molecular weight excluding hydrogens is 328 g/mol. The van der Waals surface area contributed by atoms with Crippen LogP contribution < -0.4 is 10.5 Å². The summed E-state index contributed by atoms with van der Waals surface area (Å²) in [6.07, 6.45) is 2.27. The molecule has 1 aromatic heterocycles. The second-order valence-electron chi connectivity index (χ2n) is 6.21. The van der Waals surface area contributed by atoms with Gasteiger partial charge in [0.15, 0.2) is 0 Å². The van der Waals surface area contributed by atoms with E-state index in [1.165, 1.54) is 0 Å². The van der Waals surface area contributed by atoms with E-state index in [0.717, 1.165) is 37.2 Å². The number of nitrogens with two attached hydrogens (primary N) is 1. The number of methoxy groups -OCH3 is 1. The van der Waals surface area contributed by atoms with E-state index in [1.807, 2.05) is 24.3 Å². The molecule has 1 aliphatic heterocycles. The molecule has 6 nitrogen and oxygen atoms in total. The van der Waals surface area contributed by atoms with E-state index in [1.54, 1.807) is 7.11 Å². The van der Waals surface area contributed by atoms with Crippen molar-refractivity contribution in [3.63, 3.8) is 0 Å². The van der Waals surface area contributed by atoms with Crippen LogP contribution >= 0.6 is 12.4 Å². The SMILES string of the molecule is COc1ccc(-c2noc(CN3CCC(C(C)N)CC3)n2)cc1.Cl. The summed E-state index contributed by atoms with van der Waals surface area (Å²) in [7, 11) is 1.65. The molecule has 0 aliphatic carbocycles. The lowest BCUT2D eigenvalue weighted by Gasteiger charge is -2.32. The Hall–Kier alpha value is -1.63. The molecule has 24 heavy (non-hydrogen) atoms. The van der Waals surface area contributed by atoms with Crippen LogP contribution in [-0.2, 0) is 6.54 Å². The zero-order chi connectivity index (χ0) is 16.2. The standard InChI is InChI=1S/C17H24N4O2.ClH/c1-12(18)13-7-9-21(10-8-13)11-16-19-17(20-23-16)14-3-5-15(22-2)6-4-14;/h3-6,12-13H,7-11,18H2,1-2H3;1H. The Morgan fingerprint density at radius 1 is 1.29 bits per heavy atom. The summed E-state index contributed by atoms with van der Waals surface area (Å²) in [5, 5.41) is 4.08. The van der Waals surface area contributed by atoms with Gasteiger partial charge >= 0.3 is 0 Å². The summed E-state index contributed by atoms with van der Waals surface area (Å²) in [4.78, 5) is 6.85. The van der Waals surface area contributed by atoms with Gasteiger partial charge in [0, 0.05) is 11.6 Å². The largest absolute Gasteiger partial charge is 0.497 e. The van der Waals surface area contributed by atoms with Crippen LogP contribution in [0.4, 0.5) is 0 Å². The fourth-order valence-electron chi connectivity index (χ4n) is 3.00. The molecule has 2 heterocycles. The van der Waals surface area contributed by atoms with Crippen molar-refractivity contribution in [2.75, 3.05) is 20.2 Å². The molecule has 2 N–H and O–H groups in total. The monoisotopic (exact) mass is 352 g/mol. The lowest BCUT2D eigenvalue weighted by molar-refractivity contribution is 0.150. The van der Waals surface area contributed by atoms with Gasteiger partial charge in [0.05, 0.1) is 13.7 Å². The van der Waals surface area contributed by atoms with Crippen molar-refractivity contribution in [2.24, 2.45) is 11.7 Å². The third-order valence-electron chi connectivity index (χ3n) is 4.55. The Balaban J connectivity index is 0.00000208. The second kappa shape index (κ2) is 8.46. The lowest BCUT2D eigenvalue weighted by atomic mass is 9.91. The molecule has 7 heteroatoms. The van der Waals surface area contributed by atoms with Crippen LogP contribution in [0.1, 0.15) is 25.7 Å². The summed E-state index contributed by atoms with van der Waals surface area (Å²) in [5.74, 6) is 2.72. The van der Waals surface area contributed by atoms with E-state index < -0.39 is 0 Å². The minimum atomic E-state index is 0. The van der Waals surface area contributed by atoms with Crippen LogP contribution in [0.2, 0.25) is 0 Å². The molecule has 1 fully saturated rings. The summed E-state index contributed by atoms with van der Waals surface area (Å²) in [6, 6.07) is 7.93. The van der Waals surface area contributed by atoms with Gasteiger partial charge in [-0.05, 0) is 63.0 Å².